The highest BCUT2D eigenvalue weighted by atomic mass is 16.1. The topological polar surface area (TPSA) is 91.2 Å². The zero-order valence-corrected chi connectivity index (χ0v) is 10.6. The van der Waals surface area contributed by atoms with Crippen molar-refractivity contribution in [1.82, 2.24) is 21.3 Å². The molecule has 0 aliphatic rings. The molecule has 16 heavy (non-hydrogen) atoms. The summed E-state index contributed by atoms with van der Waals surface area (Å²) in [5.74, 6) is -0.482. The lowest BCUT2D eigenvalue weighted by Crippen LogP contribution is -2.76. The van der Waals surface area contributed by atoms with Crippen molar-refractivity contribution in [2.75, 3.05) is 28.2 Å². The molecule has 0 aliphatic heterocycles. The van der Waals surface area contributed by atoms with Gasteiger partial charge in [0, 0.05) is 6.08 Å². The molecule has 6 nitrogen and oxygen atoms in total. The Kier molecular flexibility index (Phi) is 5.60. The van der Waals surface area contributed by atoms with Crippen molar-refractivity contribution in [2.45, 2.75) is 18.2 Å². The van der Waals surface area contributed by atoms with Gasteiger partial charge in [-0.25, -0.2) is 0 Å². The molecule has 0 saturated heterocycles. The summed E-state index contributed by atoms with van der Waals surface area (Å²) < 4.78 is 0. The van der Waals surface area contributed by atoms with Crippen molar-refractivity contribution in [3.05, 3.63) is 12.2 Å². The fraction of sp³-hybridized carbons (Fsp3) is 0.700. The van der Waals surface area contributed by atoms with Crippen LogP contribution < -0.4 is 27.0 Å². The third-order valence-electron chi connectivity index (χ3n) is 3.07. The lowest BCUT2D eigenvalue weighted by atomic mass is 9.93. The molecule has 0 unspecified atom stereocenters. The molecule has 0 aromatic heterocycles. The highest BCUT2D eigenvalue weighted by Crippen LogP contribution is 2.17. The first-order valence-electron chi connectivity index (χ1n) is 5.15. The summed E-state index contributed by atoms with van der Waals surface area (Å²) in [6, 6.07) is 0. The zero-order chi connectivity index (χ0) is 12.8. The summed E-state index contributed by atoms with van der Waals surface area (Å²) in [5, 5.41) is 12.6. The number of carbonyl (C=O) groups excluding carboxylic acids is 1. The quantitative estimate of drug-likeness (QED) is 0.266. The molecule has 6 heteroatoms. The van der Waals surface area contributed by atoms with Gasteiger partial charge in [-0.15, -0.1) is 0 Å². The summed E-state index contributed by atoms with van der Waals surface area (Å²) in [6.45, 7) is 1.96. The molecule has 94 valence electrons. The van der Waals surface area contributed by atoms with Gasteiger partial charge in [0.05, 0.1) is 0 Å². The molecule has 0 spiro atoms. The van der Waals surface area contributed by atoms with Gasteiger partial charge in [0.1, 0.15) is 11.3 Å². The first-order chi connectivity index (χ1) is 7.41. The van der Waals surface area contributed by atoms with Crippen molar-refractivity contribution in [1.29, 1.82) is 0 Å². The van der Waals surface area contributed by atoms with Gasteiger partial charge >= 0.3 is 0 Å². The van der Waals surface area contributed by atoms with Crippen molar-refractivity contribution in [3.63, 3.8) is 0 Å². The standard InChI is InChI=1S/C10H23N5O/c1-9(12-2,13-3)10(14-4,15-5)7-6-8(11)16/h6-7,12-15H,1-5H3,(H2,11,16). The molecular weight excluding hydrogens is 206 g/mol. The number of likely N-dealkylation sites (N-methyl/N-ethyl adjacent to an activating group) is 4. The third-order valence-corrected chi connectivity index (χ3v) is 3.07. The van der Waals surface area contributed by atoms with E-state index in [-0.39, 0.29) is 0 Å². The Morgan fingerprint density at radius 3 is 1.75 bits per heavy atom. The lowest BCUT2D eigenvalue weighted by molar-refractivity contribution is -0.113. The van der Waals surface area contributed by atoms with E-state index in [1.54, 1.807) is 20.2 Å². The van der Waals surface area contributed by atoms with E-state index in [0.29, 0.717) is 0 Å². The maximum atomic E-state index is 10.8. The van der Waals surface area contributed by atoms with Crippen LogP contribution in [-0.2, 0) is 4.79 Å². The van der Waals surface area contributed by atoms with Gasteiger partial charge in [-0.3, -0.25) is 26.1 Å². The van der Waals surface area contributed by atoms with Gasteiger partial charge in [0.2, 0.25) is 5.91 Å². The van der Waals surface area contributed by atoms with Gasteiger partial charge in [-0.05, 0) is 41.2 Å². The smallest absolute Gasteiger partial charge is 0.241 e. The van der Waals surface area contributed by atoms with Gasteiger partial charge < -0.3 is 5.73 Å². The van der Waals surface area contributed by atoms with Crippen molar-refractivity contribution >= 4 is 5.91 Å². The first kappa shape index (κ1) is 15.0. The minimum absolute atomic E-state index is 0.482. The second-order valence-electron chi connectivity index (χ2n) is 3.67. The van der Waals surface area contributed by atoms with Crippen LogP contribution >= 0.6 is 0 Å². The predicted molar refractivity (Wildman–Crippen MR) is 65.7 cm³/mol. The summed E-state index contributed by atoms with van der Waals surface area (Å²) in [4.78, 5) is 10.8. The number of primary amides is 1. The van der Waals surface area contributed by atoms with E-state index in [2.05, 4.69) is 21.3 Å². The largest absolute Gasteiger partial charge is 0.366 e. The average Bonchev–Trinajstić information content (AvgIpc) is 2.30. The molecule has 0 fully saturated rings. The SMILES string of the molecule is CNC(C)(NC)C(C=CC(N)=O)(NC)NC. The van der Waals surface area contributed by atoms with Crippen LogP contribution in [0.15, 0.2) is 12.2 Å². The molecule has 1 amide bonds. The van der Waals surface area contributed by atoms with Crippen LogP contribution in [0.5, 0.6) is 0 Å². The third kappa shape index (κ3) is 2.79. The van der Waals surface area contributed by atoms with E-state index in [1.165, 1.54) is 6.08 Å². The predicted octanol–water partition coefficient (Wildman–Crippen LogP) is -1.68. The Labute approximate surface area is 97.0 Å². The Morgan fingerprint density at radius 1 is 1.06 bits per heavy atom. The van der Waals surface area contributed by atoms with Gasteiger partial charge in [0.25, 0.3) is 0 Å². The van der Waals surface area contributed by atoms with Crippen LogP contribution in [-0.4, -0.2) is 45.4 Å². The molecule has 0 aromatic rings. The van der Waals surface area contributed by atoms with Crippen molar-refractivity contribution < 1.29 is 4.79 Å². The van der Waals surface area contributed by atoms with Gasteiger partial charge in [-0.2, -0.15) is 0 Å². The molecule has 0 aliphatic carbocycles. The highest BCUT2D eigenvalue weighted by molar-refractivity contribution is 5.86. The Morgan fingerprint density at radius 2 is 1.50 bits per heavy atom. The lowest BCUT2D eigenvalue weighted by Gasteiger charge is -2.46. The average molecular weight is 229 g/mol. The highest BCUT2D eigenvalue weighted by Gasteiger charge is 2.42. The number of rotatable bonds is 7. The van der Waals surface area contributed by atoms with E-state index in [0.717, 1.165) is 0 Å². The monoisotopic (exact) mass is 229 g/mol. The van der Waals surface area contributed by atoms with Crippen LogP contribution in [0.1, 0.15) is 6.92 Å². The number of nitrogens with one attached hydrogen (secondary N) is 4. The molecule has 0 aromatic carbocycles. The summed E-state index contributed by atoms with van der Waals surface area (Å²) in [7, 11) is 7.26. The Balaban J connectivity index is 5.30. The second kappa shape index (κ2) is 5.95. The maximum Gasteiger partial charge on any atom is 0.241 e. The number of nitrogens with two attached hydrogens (primary N) is 1. The van der Waals surface area contributed by atoms with Crippen LogP contribution in [0.3, 0.4) is 0 Å². The maximum absolute atomic E-state index is 10.8. The minimum Gasteiger partial charge on any atom is -0.366 e. The number of hydrogen-bond acceptors (Lipinski definition) is 5. The number of hydrogen-bond donors (Lipinski definition) is 5. The van der Waals surface area contributed by atoms with Gasteiger partial charge in [0.15, 0.2) is 0 Å². The van der Waals surface area contributed by atoms with E-state index in [4.69, 9.17) is 5.73 Å². The van der Waals surface area contributed by atoms with Crippen molar-refractivity contribution in [2.24, 2.45) is 5.73 Å². The molecule has 0 rings (SSSR count). The van der Waals surface area contributed by atoms with E-state index < -0.39 is 17.2 Å². The normalized spacial score (nSPS) is 13.3. The van der Waals surface area contributed by atoms with Crippen LogP contribution in [0.4, 0.5) is 0 Å². The number of carbonyl (C=O) groups is 1. The summed E-state index contributed by atoms with van der Waals surface area (Å²) in [5.41, 5.74) is 4.00. The van der Waals surface area contributed by atoms with Crippen molar-refractivity contribution in [3.8, 4) is 0 Å². The molecule has 0 radical (unpaired) electrons. The fourth-order valence-corrected chi connectivity index (χ4v) is 1.68. The molecular formula is C10H23N5O. The molecule has 0 atom stereocenters. The van der Waals surface area contributed by atoms with Crippen LogP contribution in [0.2, 0.25) is 0 Å². The first-order valence-corrected chi connectivity index (χ1v) is 5.15. The molecule has 0 heterocycles. The Hall–Kier alpha value is -0.950. The molecule has 6 N–H and O–H groups in total. The van der Waals surface area contributed by atoms with E-state index in [9.17, 15) is 4.79 Å². The van der Waals surface area contributed by atoms with Crippen LogP contribution in [0, 0.1) is 0 Å². The summed E-state index contributed by atoms with van der Waals surface area (Å²) in [6.07, 6.45) is 3.03. The van der Waals surface area contributed by atoms with E-state index >= 15 is 0 Å². The van der Waals surface area contributed by atoms with Crippen LogP contribution in [0.25, 0.3) is 0 Å². The number of amides is 1. The fourth-order valence-electron chi connectivity index (χ4n) is 1.68. The molecule has 0 saturated carbocycles. The van der Waals surface area contributed by atoms with E-state index in [1.807, 2.05) is 21.0 Å². The van der Waals surface area contributed by atoms with Gasteiger partial charge in [-0.1, -0.05) is 0 Å². The second-order valence-corrected chi connectivity index (χ2v) is 3.67. The molecule has 0 bridgehead atoms. The zero-order valence-electron chi connectivity index (χ0n) is 10.6. The minimum atomic E-state index is -0.633. The summed E-state index contributed by atoms with van der Waals surface area (Å²) >= 11 is 0. The Bertz CT molecular complexity index is 256.